The minimum Gasteiger partial charge on any atom is -0.481 e. The molecular formula is C10H12N2O3. The monoisotopic (exact) mass is 208 g/mol. The highest BCUT2D eigenvalue weighted by Crippen LogP contribution is 2.10. The molecule has 15 heavy (non-hydrogen) atoms. The first-order valence-corrected chi connectivity index (χ1v) is 4.42. The van der Waals surface area contributed by atoms with E-state index in [9.17, 15) is 9.59 Å². The quantitative estimate of drug-likeness (QED) is 0.659. The number of rotatable bonds is 4. The van der Waals surface area contributed by atoms with Gasteiger partial charge in [-0.15, -0.1) is 0 Å². The number of anilines is 1. The molecule has 0 atom stereocenters. The first kappa shape index (κ1) is 11.2. The molecule has 0 aliphatic rings. The molecule has 0 saturated heterocycles. The lowest BCUT2D eigenvalue weighted by Gasteiger charge is -2.04. The first-order chi connectivity index (χ1) is 7.11. The van der Waals surface area contributed by atoms with Crippen molar-refractivity contribution >= 4 is 17.6 Å². The lowest BCUT2D eigenvalue weighted by molar-refractivity contribution is -0.136. The van der Waals surface area contributed by atoms with Crippen LogP contribution >= 0.6 is 0 Å². The van der Waals surface area contributed by atoms with Crippen LogP contribution in [0.3, 0.4) is 0 Å². The average Bonchev–Trinajstić information content (AvgIpc) is 2.17. The molecule has 0 heterocycles. The highest BCUT2D eigenvalue weighted by molar-refractivity contribution is 5.92. The Kier molecular flexibility index (Phi) is 3.82. The number of nitrogens with two attached hydrogens (primary N) is 1. The van der Waals surface area contributed by atoms with E-state index in [2.05, 4.69) is 5.32 Å². The summed E-state index contributed by atoms with van der Waals surface area (Å²) in [5.74, 6) is -1.21. The summed E-state index contributed by atoms with van der Waals surface area (Å²) in [5, 5.41) is 11.1. The standard InChI is InChI=1S/C10H12N2O3/c11-6-9(13)12-8-3-1-2-7(4-8)5-10(14)15/h1-4H,5-6,11H2,(H,12,13)(H,14,15). The van der Waals surface area contributed by atoms with E-state index in [4.69, 9.17) is 10.8 Å². The Hall–Kier alpha value is -1.88. The third-order valence-electron chi connectivity index (χ3n) is 1.75. The molecule has 0 fully saturated rings. The Bertz CT molecular complexity index is 377. The summed E-state index contributed by atoms with van der Waals surface area (Å²) in [6.07, 6.45) is -0.0632. The Morgan fingerprint density at radius 2 is 2.13 bits per heavy atom. The summed E-state index contributed by atoms with van der Waals surface area (Å²) in [6, 6.07) is 6.66. The Morgan fingerprint density at radius 3 is 2.73 bits per heavy atom. The molecule has 0 saturated carbocycles. The van der Waals surface area contributed by atoms with Gasteiger partial charge in [-0.2, -0.15) is 0 Å². The first-order valence-electron chi connectivity index (χ1n) is 4.42. The number of amides is 1. The molecule has 5 heteroatoms. The molecule has 1 aromatic carbocycles. The maximum Gasteiger partial charge on any atom is 0.307 e. The molecule has 80 valence electrons. The minimum absolute atomic E-state index is 0.0632. The van der Waals surface area contributed by atoms with Crippen LogP contribution in [0, 0.1) is 0 Å². The lowest BCUT2D eigenvalue weighted by Crippen LogP contribution is -2.21. The van der Waals surface area contributed by atoms with Crippen LogP contribution in [-0.4, -0.2) is 23.5 Å². The number of nitrogens with one attached hydrogen (secondary N) is 1. The van der Waals surface area contributed by atoms with Crippen molar-refractivity contribution in [1.82, 2.24) is 0 Å². The van der Waals surface area contributed by atoms with Crippen molar-refractivity contribution in [3.63, 3.8) is 0 Å². The second kappa shape index (κ2) is 5.11. The van der Waals surface area contributed by atoms with Crippen molar-refractivity contribution in [3.8, 4) is 0 Å². The van der Waals surface area contributed by atoms with Crippen molar-refractivity contribution < 1.29 is 14.7 Å². The van der Waals surface area contributed by atoms with Crippen LogP contribution in [0.5, 0.6) is 0 Å². The van der Waals surface area contributed by atoms with Gasteiger partial charge in [0, 0.05) is 5.69 Å². The predicted octanol–water partition coefficient (Wildman–Crippen LogP) is 0.211. The van der Waals surface area contributed by atoms with E-state index < -0.39 is 5.97 Å². The zero-order valence-electron chi connectivity index (χ0n) is 8.06. The molecule has 5 nitrogen and oxygen atoms in total. The topological polar surface area (TPSA) is 92.4 Å². The number of carboxylic acids is 1. The number of carbonyl (C=O) groups excluding carboxylic acids is 1. The number of hydrogen-bond donors (Lipinski definition) is 3. The van der Waals surface area contributed by atoms with Gasteiger partial charge < -0.3 is 16.2 Å². The maximum absolute atomic E-state index is 11.0. The van der Waals surface area contributed by atoms with Crippen LogP contribution in [0.15, 0.2) is 24.3 Å². The van der Waals surface area contributed by atoms with Crippen LogP contribution in [0.2, 0.25) is 0 Å². The van der Waals surface area contributed by atoms with Crippen LogP contribution < -0.4 is 11.1 Å². The van der Waals surface area contributed by atoms with E-state index in [1.54, 1.807) is 24.3 Å². The van der Waals surface area contributed by atoms with E-state index in [-0.39, 0.29) is 18.9 Å². The molecule has 0 aromatic heterocycles. The van der Waals surface area contributed by atoms with Crippen LogP contribution in [0.1, 0.15) is 5.56 Å². The molecule has 1 aromatic rings. The summed E-state index contributed by atoms with van der Waals surface area (Å²) in [7, 11) is 0. The summed E-state index contributed by atoms with van der Waals surface area (Å²) in [4.78, 5) is 21.4. The van der Waals surface area contributed by atoms with Crippen LogP contribution in [-0.2, 0) is 16.0 Å². The van der Waals surface area contributed by atoms with Crippen molar-refractivity contribution in [2.45, 2.75) is 6.42 Å². The van der Waals surface area contributed by atoms with Gasteiger partial charge in [0.05, 0.1) is 13.0 Å². The number of carbonyl (C=O) groups is 2. The normalized spacial score (nSPS) is 9.67. The number of benzene rings is 1. The fraction of sp³-hybridized carbons (Fsp3) is 0.200. The molecule has 0 aliphatic heterocycles. The SMILES string of the molecule is NCC(=O)Nc1cccc(CC(=O)O)c1. The van der Waals surface area contributed by atoms with E-state index in [0.29, 0.717) is 11.3 Å². The fourth-order valence-corrected chi connectivity index (χ4v) is 1.15. The Balaban J connectivity index is 2.74. The highest BCUT2D eigenvalue weighted by atomic mass is 16.4. The summed E-state index contributed by atoms with van der Waals surface area (Å²) < 4.78 is 0. The van der Waals surface area contributed by atoms with Gasteiger partial charge in [-0.25, -0.2) is 0 Å². The number of carboxylic acid groups (broad SMARTS) is 1. The lowest BCUT2D eigenvalue weighted by atomic mass is 10.1. The third kappa shape index (κ3) is 3.78. The van der Waals surface area contributed by atoms with Gasteiger partial charge in [-0.1, -0.05) is 12.1 Å². The van der Waals surface area contributed by atoms with Crippen LogP contribution in [0.4, 0.5) is 5.69 Å². The fourth-order valence-electron chi connectivity index (χ4n) is 1.15. The summed E-state index contributed by atoms with van der Waals surface area (Å²) >= 11 is 0. The average molecular weight is 208 g/mol. The van der Waals surface area contributed by atoms with Gasteiger partial charge in [-0.05, 0) is 17.7 Å². The molecule has 0 radical (unpaired) electrons. The summed E-state index contributed by atoms with van der Waals surface area (Å²) in [6.45, 7) is -0.0941. The van der Waals surface area contributed by atoms with Gasteiger partial charge in [0.1, 0.15) is 0 Å². The second-order valence-corrected chi connectivity index (χ2v) is 3.02. The minimum atomic E-state index is -0.905. The van der Waals surface area contributed by atoms with Gasteiger partial charge in [0.2, 0.25) is 5.91 Å². The van der Waals surface area contributed by atoms with E-state index in [1.165, 1.54) is 0 Å². The van der Waals surface area contributed by atoms with Gasteiger partial charge in [0.25, 0.3) is 0 Å². The molecular weight excluding hydrogens is 196 g/mol. The number of hydrogen-bond acceptors (Lipinski definition) is 3. The molecule has 0 bridgehead atoms. The molecule has 1 amide bonds. The molecule has 0 unspecified atom stereocenters. The summed E-state index contributed by atoms with van der Waals surface area (Å²) in [5.41, 5.74) is 6.33. The smallest absolute Gasteiger partial charge is 0.307 e. The van der Waals surface area contributed by atoms with E-state index in [1.807, 2.05) is 0 Å². The number of aliphatic carboxylic acids is 1. The molecule has 0 spiro atoms. The van der Waals surface area contributed by atoms with Crippen molar-refractivity contribution in [2.24, 2.45) is 5.73 Å². The van der Waals surface area contributed by atoms with Gasteiger partial charge in [-0.3, -0.25) is 9.59 Å². The third-order valence-corrected chi connectivity index (χ3v) is 1.75. The van der Waals surface area contributed by atoms with Gasteiger partial charge in [0.15, 0.2) is 0 Å². The molecule has 1 rings (SSSR count). The van der Waals surface area contributed by atoms with Gasteiger partial charge >= 0.3 is 5.97 Å². The van der Waals surface area contributed by atoms with E-state index in [0.717, 1.165) is 0 Å². The predicted molar refractivity (Wildman–Crippen MR) is 55.5 cm³/mol. The molecule has 0 aliphatic carbocycles. The second-order valence-electron chi connectivity index (χ2n) is 3.02. The maximum atomic E-state index is 11.0. The van der Waals surface area contributed by atoms with Crippen molar-refractivity contribution in [1.29, 1.82) is 0 Å². The zero-order valence-corrected chi connectivity index (χ0v) is 8.06. The Morgan fingerprint density at radius 1 is 1.40 bits per heavy atom. The molecule has 4 N–H and O–H groups in total. The Labute approximate surface area is 86.9 Å². The highest BCUT2D eigenvalue weighted by Gasteiger charge is 2.03. The van der Waals surface area contributed by atoms with E-state index >= 15 is 0 Å². The van der Waals surface area contributed by atoms with Crippen LogP contribution in [0.25, 0.3) is 0 Å². The van der Waals surface area contributed by atoms with Crippen molar-refractivity contribution in [3.05, 3.63) is 29.8 Å². The van der Waals surface area contributed by atoms with Crippen molar-refractivity contribution in [2.75, 3.05) is 11.9 Å². The largest absolute Gasteiger partial charge is 0.481 e. The zero-order chi connectivity index (χ0) is 11.3.